The first kappa shape index (κ1) is 21.0. The van der Waals surface area contributed by atoms with E-state index < -0.39 is 11.6 Å². The monoisotopic (exact) mass is 466 g/mol. The van der Waals surface area contributed by atoms with Crippen molar-refractivity contribution in [3.05, 3.63) is 53.3 Å². The summed E-state index contributed by atoms with van der Waals surface area (Å²) in [5, 5.41) is 13.8. The van der Waals surface area contributed by atoms with Crippen molar-refractivity contribution < 1.29 is 55.2 Å². The number of ether oxygens (including phenoxy) is 4. The van der Waals surface area contributed by atoms with E-state index in [-0.39, 0.29) is 49.7 Å². The summed E-state index contributed by atoms with van der Waals surface area (Å²) in [5.41, 5.74) is -0.416. The number of aliphatic hydroxyl groups is 1. The first-order chi connectivity index (χ1) is 13.5. The number of nitrogens with one attached hydrogen (secondary N) is 1. The quantitative estimate of drug-likeness (QED) is 0.268. The van der Waals surface area contributed by atoms with Crippen molar-refractivity contribution in [1.29, 1.82) is 0 Å². The zero-order chi connectivity index (χ0) is 19.7. The fourth-order valence-corrected chi connectivity index (χ4v) is 3.18. The predicted molar refractivity (Wildman–Crippen MR) is 92.3 cm³/mol. The fraction of sp³-hybridized carbons (Fsp3) is 0.316. The van der Waals surface area contributed by atoms with Crippen LogP contribution >= 0.6 is 0 Å². The summed E-state index contributed by atoms with van der Waals surface area (Å²) in [7, 11) is 0. The molecule has 1 amide bonds. The molecule has 0 saturated carbocycles. The number of nitrogens with zero attached hydrogens (tertiary/aromatic N) is 1. The Morgan fingerprint density at radius 2 is 2.07 bits per heavy atom. The number of hydrogen-bond acceptors (Lipinski definition) is 7. The van der Waals surface area contributed by atoms with Crippen LogP contribution in [-0.4, -0.2) is 37.0 Å². The minimum atomic E-state index is -1.66. The van der Waals surface area contributed by atoms with Gasteiger partial charge < -0.3 is 46.4 Å². The lowest BCUT2D eigenvalue weighted by Crippen LogP contribution is -3.00. The van der Waals surface area contributed by atoms with Crippen LogP contribution in [0.4, 0.5) is 0 Å². The SMILES string of the molecule is CC(=O)OCCOC[n+]1ccc2c(c1)C(=O)NC2(O)c1ccc2c(c1)OCO2.[Br-]. The smallest absolute Gasteiger partial charge is 0.302 e. The molecule has 9 nitrogen and oxygen atoms in total. The van der Waals surface area contributed by atoms with Gasteiger partial charge in [0.1, 0.15) is 12.2 Å². The highest BCUT2D eigenvalue weighted by Gasteiger charge is 2.45. The lowest BCUT2D eigenvalue weighted by atomic mass is 9.95. The van der Waals surface area contributed by atoms with E-state index in [1.165, 1.54) is 6.92 Å². The van der Waals surface area contributed by atoms with Crippen LogP contribution < -0.4 is 36.3 Å². The van der Waals surface area contributed by atoms with Gasteiger partial charge in [0.2, 0.25) is 6.79 Å². The van der Waals surface area contributed by atoms with Gasteiger partial charge in [0.15, 0.2) is 29.6 Å². The van der Waals surface area contributed by atoms with Crippen LogP contribution in [0.15, 0.2) is 36.7 Å². The van der Waals surface area contributed by atoms with Crippen LogP contribution in [0.2, 0.25) is 0 Å². The molecule has 2 N–H and O–H groups in total. The van der Waals surface area contributed by atoms with Crippen LogP contribution in [0.5, 0.6) is 11.5 Å². The molecule has 0 bridgehead atoms. The van der Waals surface area contributed by atoms with Crippen molar-refractivity contribution in [3.63, 3.8) is 0 Å². The zero-order valence-electron chi connectivity index (χ0n) is 15.5. The predicted octanol–water partition coefficient (Wildman–Crippen LogP) is -2.82. The number of benzene rings is 1. The van der Waals surface area contributed by atoms with Crippen molar-refractivity contribution in [2.24, 2.45) is 0 Å². The maximum Gasteiger partial charge on any atom is 0.302 e. The van der Waals surface area contributed by atoms with Gasteiger partial charge in [-0.2, -0.15) is 4.57 Å². The lowest BCUT2D eigenvalue weighted by molar-refractivity contribution is -0.732. The van der Waals surface area contributed by atoms with E-state index in [4.69, 9.17) is 18.9 Å². The van der Waals surface area contributed by atoms with Gasteiger partial charge in [-0.25, -0.2) is 0 Å². The Morgan fingerprint density at radius 1 is 1.28 bits per heavy atom. The van der Waals surface area contributed by atoms with Gasteiger partial charge in [-0.3, -0.25) is 9.59 Å². The lowest BCUT2D eigenvalue weighted by Gasteiger charge is -2.24. The number of amides is 1. The number of hydrogen-bond donors (Lipinski definition) is 2. The summed E-state index contributed by atoms with van der Waals surface area (Å²) in [6.07, 6.45) is 3.30. The second-order valence-corrected chi connectivity index (χ2v) is 6.40. The van der Waals surface area contributed by atoms with Crippen LogP contribution in [0.25, 0.3) is 0 Å². The van der Waals surface area contributed by atoms with E-state index in [1.54, 1.807) is 41.2 Å². The third kappa shape index (κ3) is 4.04. The molecular formula is C19H19BrN2O7. The first-order valence-corrected chi connectivity index (χ1v) is 8.67. The van der Waals surface area contributed by atoms with Crippen molar-refractivity contribution in [2.75, 3.05) is 20.0 Å². The van der Waals surface area contributed by atoms with Crippen molar-refractivity contribution in [2.45, 2.75) is 19.4 Å². The molecule has 2 aliphatic heterocycles. The average Bonchev–Trinajstić information content (AvgIpc) is 3.24. The fourth-order valence-electron chi connectivity index (χ4n) is 3.18. The van der Waals surface area contributed by atoms with Gasteiger partial charge in [0, 0.05) is 24.1 Å². The molecule has 1 unspecified atom stereocenters. The molecule has 2 aromatic rings. The minimum absolute atomic E-state index is 0. The van der Waals surface area contributed by atoms with Gasteiger partial charge >= 0.3 is 5.97 Å². The average molecular weight is 467 g/mol. The highest BCUT2D eigenvalue weighted by Crippen LogP contribution is 2.39. The number of esters is 1. The van der Waals surface area contributed by atoms with Crippen LogP contribution in [0, 0.1) is 0 Å². The number of halogens is 1. The van der Waals surface area contributed by atoms with Crippen LogP contribution in [-0.2, 0) is 26.7 Å². The second-order valence-electron chi connectivity index (χ2n) is 6.40. The molecule has 0 saturated heterocycles. The molecule has 1 atom stereocenters. The summed E-state index contributed by atoms with van der Waals surface area (Å²) in [4.78, 5) is 23.2. The number of pyridine rings is 1. The molecule has 0 spiro atoms. The molecule has 4 rings (SSSR count). The molecule has 154 valence electrons. The van der Waals surface area contributed by atoms with Crippen molar-refractivity contribution in [1.82, 2.24) is 5.32 Å². The standard InChI is InChI=1S/C19H18N2O7.BrH/c1-12(22)26-7-6-25-10-21-5-4-15-14(9-21)18(23)20-19(15,24)13-2-3-16-17(8-13)28-11-27-16;/h2-5,8-9,24H,6-7,10-11H2,1H3;1H. The number of rotatable bonds is 6. The zero-order valence-corrected chi connectivity index (χ0v) is 17.1. The number of aromatic nitrogens is 1. The largest absolute Gasteiger partial charge is 1.00 e. The first-order valence-electron chi connectivity index (χ1n) is 8.67. The van der Waals surface area contributed by atoms with E-state index in [2.05, 4.69) is 5.32 Å². The Morgan fingerprint density at radius 3 is 2.86 bits per heavy atom. The Hall–Kier alpha value is -2.69. The van der Waals surface area contributed by atoms with Gasteiger partial charge in [-0.1, -0.05) is 0 Å². The molecule has 10 heteroatoms. The topological polar surface area (TPSA) is 107 Å². The number of carbonyl (C=O) groups excluding carboxylic acids is 2. The third-order valence-electron chi connectivity index (χ3n) is 4.51. The molecule has 1 aromatic carbocycles. The highest BCUT2D eigenvalue weighted by atomic mass is 79.9. The Labute approximate surface area is 176 Å². The second kappa shape index (κ2) is 8.36. The molecular weight excluding hydrogens is 448 g/mol. The summed E-state index contributed by atoms with van der Waals surface area (Å²) >= 11 is 0. The highest BCUT2D eigenvalue weighted by molar-refractivity contribution is 5.99. The maximum atomic E-state index is 12.5. The molecule has 2 aliphatic rings. The molecule has 0 fully saturated rings. The Kier molecular flexibility index (Phi) is 6.06. The normalized spacial score (nSPS) is 18.6. The van der Waals surface area contributed by atoms with Gasteiger partial charge in [-0.15, -0.1) is 0 Å². The van der Waals surface area contributed by atoms with Gasteiger partial charge in [0.05, 0.1) is 6.61 Å². The van der Waals surface area contributed by atoms with Crippen molar-refractivity contribution in [3.8, 4) is 11.5 Å². The molecule has 0 aliphatic carbocycles. The summed E-state index contributed by atoms with van der Waals surface area (Å²) in [6, 6.07) is 6.69. The van der Waals surface area contributed by atoms with Crippen molar-refractivity contribution >= 4 is 11.9 Å². The van der Waals surface area contributed by atoms with E-state index >= 15 is 0 Å². The molecule has 0 radical (unpaired) electrons. The van der Waals surface area contributed by atoms with E-state index in [9.17, 15) is 14.7 Å². The van der Waals surface area contributed by atoms with Gasteiger partial charge in [0.25, 0.3) is 12.6 Å². The molecule has 1 aromatic heterocycles. The van der Waals surface area contributed by atoms with E-state index in [1.807, 2.05) is 0 Å². The van der Waals surface area contributed by atoms with Crippen LogP contribution in [0.3, 0.4) is 0 Å². The number of fused-ring (bicyclic) bond motifs is 2. The Bertz CT molecular complexity index is 952. The third-order valence-corrected chi connectivity index (χ3v) is 4.51. The van der Waals surface area contributed by atoms with Gasteiger partial charge in [-0.05, 0) is 18.2 Å². The Balaban J connectivity index is 0.00000240. The molecule has 3 heterocycles. The summed E-state index contributed by atoms with van der Waals surface area (Å²) < 4.78 is 22.5. The maximum absolute atomic E-state index is 12.5. The van der Waals surface area contributed by atoms with Crippen LogP contribution in [0.1, 0.15) is 28.4 Å². The van der Waals surface area contributed by atoms with E-state index in [0.717, 1.165) is 0 Å². The summed E-state index contributed by atoms with van der Waals surface area (Å²) in [5.74, 6) is 0.340. The molecule has 29 heavy (non-hydrogen) atoms. The summed E-state index contributed by atoms with van der Waals surface area (Å²) in [6.45, 7) is 2.01. The van der Waals surface area contributed by atoms with E-state index in [0.29, 0.717) is 28.2 Å². The number of carbonyl (C=O) groups is 2. The minimum Gasteiger partial charge on any atom is -1.00 e.